The van der Waals surface area contributed by atoms with Crippen LogP contribution in [0, 0.1) is 0 Å². The van der Waals surface area contributed by atoms with E-state index in [1.807, 2.05) is 13.0 Å². The molecule has 1 aliphatic carbocycles. The fourth-order valence-corrected chi connectivity index (χ4v) is 2.63. The molecule has 4 heteroatoms. The molecule has 1 atom stereocenters. The first-order chi connectivity index (χ1) is 9.86. The summed E-state index contributed by atoms with van der Waals surface area (Å²) in [6.07, 6.45) is 5.17. The van der Waals surface area contributed by atoms with E-state index in [1.165, 1.54) is 11.1 Å². The van der Waals surface area contributed by atoms with Crippen molar-refractivity contribution in [3.63, 3.8) is 0 Å². The molecule has 0 bridgehead atoms. The zero-order valence-corrected chi connectivity index (χ0v) is 11.7. The molecule has 0 aliphatic heterocycles. The van der Waals surface area contributed by atoms with E-state index in [0.29, 0.717) is 11.8 Å². The third-order valence-corrected chi connectivity index (χ3v) is 3.54. The van der Waals surface area contributed by atoms with Gasteiger partial charge in [-0.25, -0.2) is 4.98 Å². The van der Waals surface area contributed by atoms with E-state index in [9.17, 15) is 0 Å². The molecule has 1 N–H and O–H groups in total. The average molecular weight is 269 g/mol. The van der Waals surface area contributed by atoms with Crippen LogP contribution in [0.4, 0.5) is 5.95 Å². The van der Waals surface area contributed by atoms with E-state index in [0.717, 1.165) is 25.8 Å². The van der Waals surface area contributed by atoms with Crippen molar-refractivity contribution in [3.05, 3.63) is 47.7 Å². The van der Waals surface area contributed by atoms with Gasteiger partial charge in [-0.2, -0.15) is 4.98 Å². The summed E-state index contributed by atoms with van der Waals surface area (Å²) in [5.41, 5.74) is 2.69. The average Bonchev–Trinajstić information content (AvgIpc) is 2.48. The van der Waals surface area contributed by atoms with E-state index in [2.05, 4.69) is 39.6 Å². The van der Waals surface area contributed by atoms with Crippen LogP contribution in [0.2, 0.25) is 0 Å². The van der Waals surface area contributed by atoms with Crippen LogP contribution in [-0.4, -0.2) is 16.5 Å². The molecular weight excluding hydrogens is 250 g/mol. The number of rotatable bonds is 4. The lowest BCUT2D eigenvalue weighted by atomic mass is 9.89. The Morgan fingerprint density at radius 2 is 2.20 bits per heavy atom. The van der Waals surface area contributed by atoms with Crippen LogP contribution >= 0.6 is 0 Å². The zero-order valence-electron chi connectivity index (χ0n) is 11.7. The first kappa shape index (κ1) is 12.9. The Bertz CT molecular complexity index is 585. The Morgan fingerprint density at radius 1 is 1.30 bits per heavy atom. The summed E-state index contributed by atoms with van der Waals surface area (Å²) in [4.78, 5) is 8.55. The predicted octanol–water partition coefficient (Wildman–Crippen LogP) is 3.36. The second-order valence-electron chi connectivity index (χ2n) is 4.95. The standard InChI is InChI=1S/C16H19N3O/c1-2-17-16-18-11-10-15(19-16)20-14-9-5-7-12-6-3-4-8-13(12)14/h3-4,6,8,10-11,14H,2,5,7,9H2,1H3,(H,17,18,19). The normalized spacial score (nSPS) is 17.4. The minimum absolute atomic E-state index is 0.101. The third-order valence-electron chi connectivity index (χ3n) is 3.54. The van der Waals surface area contributed by atoms with Gasteiger partial charge >= 0.3 is 0 Å². The summed E-state index contributed by atoms with van der Waals surface area (Å²) >= 11 is 0. The van der Waals surface area contributed by atoms with Gasteiger partial charge in [-0.1, -0.05) is 24.3 Å². The Kier molecular flexibility index (Phi) is 3.81. The summed E-state index contributed by atoms with van der Waals surface area (Å²) < 4.78 is 6.08. The van der Waals surface area contributed by atoms with Crippen molar-refractivity contribution in [3.8, 4) is 5.88 Å². The van der Waals surface area contributed by atoms with Crippen molar-refractivity contribution >= 4 is 5.95 Å². The van der Waals surface area contributed by atoms with Crippen LogP contribution in [0.15, 0.2) is 36.5 Å². The van der Waals surface area contributed by atoms with Crippen molar-refractivity contribution in [1.82, 2.24) is 9.97 Å². The van der Waals surface area contributed by atoms with E-state index >= 15 is 0 Å². The van der Waals surface area contributed by atoms with Gasteiger partial charge in [0.2, 0.25) is 11.8 Å². The lowest BCUT2D eigenvalue weighted by Crippen LogP contribution is -2.16. The van der Waals surface area contributed by atoms with Crippen molar-refractivity contribution in [1.29, 1.82) is 0 Å². The van der Waals surface area contributed by atoms with Gasteiger partial charge in [-0.3, -0.25) is 0 Å². The molecule has 1 aromatic carbocycles. The summed E-state index contributed by atoms with van der Waals surface area (Å²) in [6.45, 7) is 2.82. The molecule has 0 saturated heterocycles. The van der Waals surface area contributed by atoms with Crippen molar-refractivity contribution in [2.24, 2.45) is 0 Å². The molecule has 1 aliphatic rings. The highest BCUT2D eigenvalue weighted by Crippen LogP contribution is 2.32. The summed E-state index contributed by atoms with van der Waals surface area (Å²) in [6, 6.07) is 10.3. The van der Waals surface area contributed by atoms with Gasteiger partial charge in [-0.15, -0.1) is 0 Å². The van der Waals surface area contributed by atoms with Gasteiger partial charge in [0.25, 0.3) is 0 Å². The second-order valence-corrected chi connectivity index (χ2v) is 4.95. The van der Waals surface area contributed by atoms with Crippen LogP contribution < -0.4 is 10.1 Å². The van der Waals surface area contributed by atoms with Crippen molar-refractivity contribution in [2.75, 3.05) is 11.9 Å². The number of hydrogen-bond acceptors (Lipinski definition) is 4. The second kappa shape index (κ2) is 5.90. The number of fused-ring (bicyclic) bond motifs is 1. The molecule has 0 radical (unpaired) electrons. The number of benzene rings is 1. The molecule has 4 nitrogen and oxygen atoms in total. The maximum Gasteiger partial charge on any atom is 0.225 e. The summed E-state index contributed by atoms with van der Waals surface area (Å²) in [7, 11) is 0. The first-order valence-electron chi connectivity index (χ1n) is 7.18. The Labute approximate surface area is 119 Å². The number of aryl methyl sites for hydroxylation is 1. The molecular formula is C16H19N3O. The first-order valence-corrected chi connectivity index (χ1v) is 7.18. The predicted molar refractivity (Wildman–Crippen MR) is 78.9 cm³/mol. The summed E-state index contributed by atoms with van der Waals surface area (Å²) in [5.74, 6) is 1.26. The molecule has 0 saturated carbocycles. The van der Waals surface area contributed by atoms with Gasteiger partial charge < -0.3 is 10.1 Å². The number of hydrogen-bond donors (Lipinski definition) is 1. The highest BCUT2D eigenvalue weighted by atomic mass is 16.5. The Balaban J connectivity index is 1.80. The fourth-order valence-electron chi connectivity index (χ4n) is 2.63. The van der Waals surface area contributed by atoms with Crippen molar-refractivity contribution in [2.45, 2.75) is 32.3 Å². The quantitative estimate of drug-likeness (QED) is 0.924. The largest absolute Gasteiger partial charge is 0.469 e. The van der Waals surface area contributed by atoms with Crippen LogP contribution in [0.25, 0.3) is 0 Å². The lowest BCUT2D eigenvalue weighted by molar-refractivity contribution is 0.176. The van der Waals surface area contributed by atoms with E-state index in [4.69, 9.17) is 4.74 Å². The molecule has 0 spiro atoms. The molecule has 20 heavy (non-hydrogen) atoms. The minimum Gasteiger partial charge on any atom is -0.469 e. The van der Waals surface area contributed by atoms with Crippen LogP contribution in [0.1, 0.15) is 37.0 Å². The highest BCUT2D eigenvalue weighted by Gasteiger charge is 2.21. The Hall–Kier alpha value is -2.10. The molecule has 1 aromatic heterocycles. The number of nitrogens with zero attached hydrogens (tertiary/aromatic N) is 2. The molecule has 1 unspecified atom stereocenters. The molecule has 1 heterocycles. The molecule has 0 amide bonds. The van der Waals surface area contributed by atoms with Crippen molar-refractivity contribution < 1.29 is 4.74 Å². The maximum atomic E-state index is 6.08. The summed E-state index contributed by atoms with van der Waals surface area (Å²) in [5, 5.41) is 3.10. The zero-order chi connectivity index (χ0) is 13.8. The van der Waals surface area contributed by atoms with Crippen LogP contribution in [-0.2, 0) is 6.42 Å². The fraction of sp³-hybridized carbons (Fsp3) is 0.375. The topological polar surface area (TPSA) is 47.0 Å². The molecule has 2 aromatic rings. The van der Waals surface area contributed by atoms with Gasteiger partial charge in [0.15, 0.2) is 0 Å². The van der Waals surface area contributed by atoms with Gasteiger partial charge in [0.1, 0.15) is 6.10 Å². The van der Waals surface area contributed by atoms with Gasteiger partial charge in [0, 0.05) is 18.8 Å². The lowest BCUT2D eigenvalue weighted by Gasteiger charge is -2.25. The number of ether oxygens (including phenoxy) is 1. The van der Waals surface area contributed by atoms with Crippen LogP contribution in [0.5, 0.6) is 5.88 Å². The van der Waals surface area contributed by atoms with E-state index in [1.54, 1.807) is 6.20 Å². The molecule has 3 rings (SSSR count). The third kappa shape index (κ3) is 2.74. The number of aromatic nitrogens is 2. The van der Waals surface area contributed by atoms with Crippen LogP contribution in [0.3, 0.4) is 0 Å². The monoisotopic (exact) mass is 269 g/mol. The van der Waals surface area contributed by atoms with E-state index < -0.39 is 0 Å². The number of anilines is 1. The number of nitrogens with one attached hydrogen (secondary N) is 1. The van der Waals surface area contributed by atoms with E-state index in [-0.39, 0.29) is 6.10 Å². The van der Waals surface area contributed by atoms with Gasteiger partial charge in [-0.05, 0) is 37.3 Å². The Morgan fingerprint density at radius 3 is 3.10 bits per heavy atom. The minimum atomic E-state index is 0.101. The highest BCUT2D eigenvalue weighted by molar-refractivity contribution is 5.33. The van der Waals surface area contributed by atoms with Gasteiger partial charge in [0.05, 0.1) is 0 Å². The SMILES string of the molecule is CCNc1nccc(OC2CCCc3ccccc32)n1. The smallest absolute Gasteiger partial charge is 0.225 e. The molecule has 0 fully saturated rings. The maximum absolute atomic E-state index is 6.08. The molecule has 104 valence electrons.